The molecule has 0 saturated carbocycles. The lowest BCUT2D eigenvalue weighted by molar-refractivity contribution is -0.129. The van der Waals surface area contributed by atoms with Crippen LogP contribution in [0.5, 0.6) is 17.2 Å². The predicted octanol–water partition coefficient (Wildman–Crippen LogP) is 2.19. The average molecular weight is 651 g/mol. The summed E-state index contributed by atoms with van der Waals surface area (Å²) in [4.78, 5) is 40.7. The molecule has 1 saturated heterocycles. The Morgan fingerprint density at radius 1 is 1.00 bits per heavy atom. The highest BCUT2D eigenvalue weighted by molar-refractivity contribution is 7.92. The molecule has 0 radical (unpaired) electrons. The standard InChI is InChI=1S/C33H38N4O8S/c1-22-5-4-6-25(15-22)37(46(3,41)42)20-33(40)36-18-27-30(19-36)45-26-11-7-24(8-12-26)17-34-32(39)21-44-29-16-23(9-13-28(29)43-2)10-14-31(38)35-27/h4-9,11-13,15-16,27,30H,10,14,17-21H2,1-3H3,(H,34,39)(H,35,38)/t27-,30-/m0/s1. The van der Waals surface area contributed by atoms with Gasteiger partial charge in [-0.05, 0) is 66.4 Å². The molecule has 0 aromatic heterocycles. The largest absolute Gasteiger partial charge is 0.493 e. The van der Waals surface area contributed by atoms with E-state index in [2.05, 4.69) is 10.6 Å². The maximum Gasteiger partial charge on any atom is 0.258 e. The maximum atomic E-state index is 13.6. The molecule has 0 spiro atoms. The first-order valence-electron chi connectivity index (χ1n) is 14.9. The van der Waals surface area contributed by atoms with Crippen molar-refractivity contribution in [3.63, 3.8) is 0 Å². The van der Waals surface area contributed by atoms with Gasteiger partial charge in [-0.25, -0.2) is 8.42 Å². The number of hydrogen-bond acceptors (Lipinski definition) is 8. The third kappa shape index (κ3) is 8.27. The molecule has 3 aliphatic rings. The Morgan fingerprint density at radius 2 is 1.76 bits per heavy atom. The lowest BCUT2D eigenvalue weighted by Crippen LogP contribution is -2.45. The fraction of sp³-hybridized carbons (Fsp3) is 0.364. The minimum atomic E-state index is -3.76. The number of ether oxygens (including phenoxy) is 3. The summed E-state index contributed by atoms with van der Waals surface area (Å²) in [5, 5.41) is 5.86. The number of nitrogens with one attached hydrogen (secondary N) is 2. The van der Waals surface area contributed by atoms with Gasteiger partial charge in [0.2, 0.25) is 21.8 Å². The first kappa shape index (κ1) is 32.6. The molecule has 0 unspecified atom stereocenters. The van der Waals surface area contributed by atoms with Crippen molar-refractivity contribution in [3.05, 3.63) is 83.4 Å². The topological polar surface area (TPSA) is 144 Å². The number of hydrogen-bond donors (Lipinski definition) is 2. The van der Waals surface area contributed by atoms with Crippen LogP contribution < -0.4 is 29.1 Å². The lowest BCUT2D eigenvalue weighted by Gasteiger charge is -2.25. The number of nitrogens with zero attached hydrogens (tertiary/aromatic N) is 2. The molecule has 3 aliphatic heterocycles. The second kappa shape index (κ2) is 14.1. The molecule has 3 amide bonds. The van der Waals surface area contributed by atoms with E-state index in [0.717, 1.165) is 27.3 Å². The van der Waals surface area contributed by atoms with Crippen LogP contribution in [0.1, 0.15) is 23.1 Å². The molecule has 46 heavy (non-hydrogen) atoms. The van der Waals surface area contributed by atoms with Crippen molar-refractivity contribution in [2.45, 2.75) is 38.5 Å². The molecular weight excluding hydrogens is 612 g/mol. The van der Waals surface area contributed by atoms with Crippen LogP contribution in [-0.2, 0) is 37.4 Å². The van der Waals surface area contributed by atoms with E-state index >= 15 is 0 Å². The number of amides is 3. The van der Waals surface area contributed by atoms with Crippen molar-refractivity contribution in [1.29, 1.82) is 0 Å². The summed E-state index contributed by atoms with van der Waals surface area (Å²) in [6.07, 6.45) is 1.01. The molecular formula is C33H38N4O8S. The zero-order valence-corrected chi connectivity index (χ0v) is 26.8. The number of carbonyl (C=O) groups excluding carboxylic acids is 3. The second-order valence-corrected chi connectivity index (χ2v) is 13.3. The Balaban J connectivity index is 1.37. The molecule has 12 nitrogen and oxygen atoms in total. The number of sulfonamides is 1. The molecule has 6 rings (SSSR count). The average Bonchev–Trinajstić information content (AvgIpc) is 3.41. The molecule has 3 heterocycles. The number of anilines is 1. The Morgan fingerprint density at radius 3 is 2.48 bits per heavy atom. The van der Waals surface area contributed by atoms with E-state index in [4.69, 9.17) is 14.2 Å². The van der Waals surface area contributed by atoms with E-state index in [1.807, 2.05) is 31.2 Å². The normalized spacial score (nSPS) is 18.9. The van der Waals surface area contributed by atoms with E-state index in [0.29, 0.717) is 29.4 Å². The van der Waals surface area contributed by atoms with Gasteiger partial charge in [0.25, 0.3) is 5.91 Å². The number of rotatable bonds is 5. The number of likely N-dealkylation sites (tertiary alicyclic amines) is 1. The molecule has 2 atom stereocenters. The van der Waals surface area contributed by atoms with Gasteiger partial charge in [0.1, 0.15) is 18.4 Å². The molecule has 3 aromatic carbocycles. The second-order valence-electron chi connectivity index (χ2n) is 11.4. The third-order valence-corrected chi connectivity index (χ3v) is 9.00. The van der Waals surface area contributed by atoms with Crippen LogP contribution in [0.15, 0.2) is 66.7 Å². The first-order valence-corrected chi connectivity index (χ1v) is 16.8. The van der Waals surface area contributed by atoms with Crippen molar-refractivity contribution >= 4 is 33.4 Å². The molecule has 0 aliphatic carbocycles. The van der Waals surface area contributed by atoms with Crippen molar-refractivity contribution in [2.24, 2.45) is 0 Å². The quantitative estimate of drug-likeness (QED) is 0.428. The van der Waals surface area contributed by atoms with Crippen molar-refractivity contribution in [1.82, 2.24) is 15.5 Å². The van der Waals surface area contributed by atoms with Gasteiger partial charge in [0, 0.05) is 19.5 Å². The summed E-state index contributed by atoms with van der Waals surface area (Å²) >= 11 is 0. The maximum absolute atomic E-state index is 13.6. The summed E-state index contributed by atoms with van der Waals surface area (Å²) in [5.74, 6) is 0.427. The van der Waals surface area contributed by atoms with Gasteiger partial charge >= 0.3 is 0 Å². The van der Waals surface area contributed by atoms with Crippen LogP contribution >= 0.6 is 0 Å². The van der Waals surface area contributed by atoms with Crippen molar-refractivity contribution < 1.29 is 37.0 Å². The van der Waals surface area contributed by atoms with Gasteiger partial charge in [-0.3, -0.25) is 18.7 Å². The summed E-state index contributed by atoms with van der Waals surface area (Å²) < 4.78 is 43.9. The van der Waals surface area contributed by atoms with Gasteiger partial charge in [-0.1, -0.05) is 30.3 Å². The highest BCUT2D eigenvalue weighted by Gasteiger charge is 2.39. The van der Waals surface area contributed by atoms with Crippen LogP contribution in [0.25, 0.3) is 0 Å². The number of methoxy groups -OCH3 is 1. The number of fused-ring (bicyclic) bond motifs is 9. The number of benzene rings is 3. The zero-order valence-electron chi connectivity index (χ0n) is 26.0. The Labute approximate surface area is 268 Å². The van der Waals surface area contributed by atoms with Crippen LogP contribution in [0.4, 0.5) is 5.69 Å². The Hall–Kier alpha value is -4.78. The van der Waals surface area contributed by atoms with Crippen LogP contribution in [-0.4, -0.2) is 82.8 Å². The Kier molecular flexibility index (Phi) is 10.0. The predicted molar refractivity (Wildman–Crippen MR) is 171 cm³/mol. The zero-order chi connectivity index (χ0) is 32.8. The van der Waals surface area contributed by atoms with E-state index in [1.54, 1.807) is 42.5 Å². The van der Waals surface area contributed by atoms with Gasteiger partial charge in [0.15, 0.2) is 18.1 Å². The summed E-state index contributed by atoms with van der Waals surface area (Å²) in [6.45, 7) is 1.82. The first-order chi connectivity index (χ1) is 22.0. The molecule has 2 N–H and O–H groups in total. The van der Waals surface area contributed by atoms with E-state index in [-0.39, 0.29) is 44.5 Å². The van der Waals surface area contributed by atoms with Crippen molar-refractivity contribution in [3.8, 4) is 17.2 Å². The fourth-order valence-corrected chi connectivity index (χ4v) is 6.26. The van der Waals surface area contributed by atoms with Crippen molar-refractivity contribution in [2.75, 3.05) is 43.9 Å². The molecule has 13 heteroatoms. The SMILES string of the molecule is COc1ccc2cc1OCC(=O)NCc1ccc(cc1)O[C@H]1CN(C(=O)CN(c3cccc(C)c3)S(C)(=O)=O)C[C@@H]1NC(=O)CC2. The molecule has 3 aromatic rings. The van der Waals surface area contributed by atoms with E-state index in [1.165, 1.54) is 12.0 Å². The number of aryl methyl sites for hydroxylation is 2. The van der Waals surface area contributed by atoms with Crippen LogP contribution in [0.2, 0.25) is 0 Å². The Bertz CT molecular complexity index is 1700. The molecule has 1 fully saturated rings. The van der Waals surface area contributed by atoms with Crippen LogP contribution in [0.3, 0.4) is 0 Å². The lowest BCUT2D eigenvalue weighted by atomic mass is 10.1. The smallest absolute Gasteiger partial charge is 0.258 e. The minimum Gasteiger partial charge on any atom is -0.493 e. The van der Waals surface area contributed by atoms with Gasteiger partial charge < -0.3 is 29.7 Å². The third-order valence-electron chi connectivity index (χ3n) is 7.86. The monoisotopic (exact) mass is 650 g/mol. The molecule has 244 valence electrons. The van der Waals surface area contributed by atoms with Gasteiger partial charge in [-0.15, -0.1) is 0 Å². The van der Waals surface area contributed by atoms with Crippen LogP contribution in [0, 0.1) is 6.92 Å². The summed E-state index contributed by atoms with van der Waals surface area (Å²) in [7, 11) is -2.25. The van der Waals surface area contributed by atoms with Gasteiger partial charge in [0.05, 0.1) is 31.6 Å². The minimum absolute atomic E-state index is 0.144. The van der Waals surface area contributed by atoms with E-state index in [9.17, 15) is 22.8 Å². The number of carbonyl (C=O) groups is 3. The summed E-state index contributed by atoms with van der Waals surface area (Å²) in [6, 6.07) is 18.8. The molecule has 4 bridgehead atoms. The highest BCUT2D eigenvalue weighted by Crippen LogP contribution is 2.29. The van der Waals surface area contributed by atoms with E-state index < -0.39 is 34.6 Å². The van der Waals surface area contributed by atoms with Gasteiger partial charge in [-0.2, -0.15) is 0 Å². The highest BCUT2D eigenvalue weighted by atomic mass is 32.2. The summed E-state index contributed by atoms with van der Waals surface area (Å²) in [5.41, 5.74) is 2.91. The fourth-order valence-electron chi connectivity index (χ4n) is 5.42.